The van der Waals surface area contributed by atoms with Crippen LogP contribution in [0.4, 0.5) is 0 Å². The minimum Gasteiger partial charge on any atom is -0.396 e. The Hall–Kier alpha value is -0.550. The van der Waals surface area contributed by atoms with Crippen molar-refractivity contribution in [2.45, 2.75) is 13.3 Å². The first-order chi connectivity index (χ1) is 3.31. The van der Waals surface area contributed by atoms with E-state index in [0.29, 0.717) is 6.42 Å². The van der Waals surface area contributed by atoms with Gasteiger partial charge in [-0.2, -0.15) is 5.26 Å². The Morgan fingerprint density at radius 2 is 2.43 bits per heavy atom. The standard InChI is InChI=1S/C5H9NO/c1-5(4-7)2-3-6/h5,7H,2,4H2,1H3/t5-/m1/s1. The second-order valence-corrected chi connectivity index (χ2v) is 1.65. The fourth-order valence-electron chi connectivity index (χ4n) is 0.220. The topological polar surface area (TPSA) is 44.0 Å². The Morgan fingerprint density at radius 1 is 1.86 bits per heavy atom. The summed E-state index contributed by atoms with van der Waals surface area (Å²) in [6, 6.07) is 1.96. The van der Waals surface area contributed by atoms with E-state index >= 15 is 0 Å². The molecule has 0 saturated heterocycles. The summed E-state index contributed by atoms with van der Waals surface area (Å²) in [5, 5.41) is 16.3. The SMILES string of the molecule is C[C@@H](CO)CC#N. The Kier molecular flexibility index (Phi) is 3.35. The van der Waals surface area contributed by atoms with E-state index < -0.39 is 0 Å². The fourth-order valence-corrected chi connectivity index (χ4v) is 0.220. The van der Waals surface area contributed by atoms with Crippen LogP contribution in [-0.2, 0) is 0 Å². The molecule has 0 rings (SSSR count). The first kappa shape index (κ1) is 6.45. The molecule has 0 bridgehead atoms. The highest BCUT2D eigenvalue weighted by Crippen LogP contribution is 1.95. The van der Waals surface area contributed by atoms with Crippen LogP contribution in [0.15, 0.2) is 0 Å². The smallest absolute Gasteiger partial charge is 0.0625 e. The van der Waals surface area contributed by atoms with Gasteiger partial charge in [-0.3, -0.25) is 0 Å². The summed E-state index contributed by atoms with van der Waals surface area (Å²) in [5.41, 5.74) is 0. The van der Waals surface area contributed by atoms with Crippen molar-refractivity contribution >= 4 is 0 Å². The van der Waals surface area contributed by atoms with Crippen LogP contribution in [0.25, 0.3) is 0 Å². The van der Waals surface area contributed by atoms with Crippen molar-refractivity contribution in [1.82, 2.24) is 0 Å². The van der Waals surface area contributed by atoms with Crippen molar-refractivity contribution in [2.24, 2.45) is 5.92 Å². The average molecular weight is 99.1 g/mol. The molecule has 0 amide bonds. The third-order valence-corrected chi connectivity index (χ3v) is 0.751. The van der Waals surface area contributed by atoms with E-state index in [9.17, 15) is 0 Å². The molecule has 1 N–H and O–H groups in total. The second-order valence-electron chi connectivity index (χ2n) is 1.65. The molecule has 0 aromatic heterocycles. The normalized spacial score (nSPS) is 12.7. The quantitative estimate of drug-likeness (QED) is 0.548. The lowest BCUT2D eigenvalue weighted by atomic mass is 10.1. The van der Waals surface area contributed by atoms with Crippen LogP contribution < -0.4 is 0 Å². The molecule has 1 atom stereocenters. The highest BCUT2D eigenvalue weighted by atomic mass is 16.3. The van der Waals surface area contributed by atoms with Crippen molar-refractivity contribution < 1.29 is 5.11 Å². The molecule has 0 spiro atoms. The van der Waals surface area contributed by atoms with Gasteiger partial charge < -0.3 is 5.11 Å². The molecule has 2 nitrogen and oxygen atoms in total. The number of rotatable bonds is 2. The largest absolute Gasteiger partial charge is 0.396 e. The summed E-state index contributed by atoms with van der Waals surface area (Å²) >= 11 is 0. The summed E-state index contributed by atoms with van der Waals surface area (Å²) in [5.74, 6) is 0.144. The predicted octanol–water partition coefficient (Wildman–Crippen LogP) is 0.528. The summed E-state index contributed by atoms with van der Waals surface area (Å²) in [6.45, 7) is 1.96. The maximum Gasteiger partial charge on any atom is 0.0625 e. The van der Waals surface area contributed by atoms with Gasteiger partial charge in [0, 0.05) is 13.0 Å². The first-order valence-electron chi connectivity index (χ1n) is 2.29. The molecule has 0 saturated carbocycles. The number of nitriles is 1. The van der Waals surface area contributed by atoms with Crippen LogP contribution in [0, 0.1) is 17.2 Å². The van der Waals surface area contributed by atoms with Gasteiger partial charge in [-0.05, 0) is 5.92 Å². The van der Waals surface area contributed by atoms with E-state index in [4.69, 9.17) is 10.4 Å². The third-order valence-electron chi connectivity index (χ3n) is 0.751. The highest BCUT2D eigenvalue weighted by molar-refractivity contribution is 4.71. The average Bonchev–Trinajstić information content (AvgIpc) is 1.68. The van der Waals surface area contributed by atoms with Gasteiger partial charge in [-0.25, -0.2) is 0 Å². The summed E-state index contributed by atoms with van der Waals surface area (Å²) in [6.07, 6.45) is 0.455. The van der Waals surface area contributed by atoms with Crippen LogP contribution in [0.5, 0.6) is 0 Å². The summed E-state index contributed by atoms with van der Waals surface area (Å²) in [4.78, 5) is 0. The summed E-state index contributed by atoms with van der Waals surface area (Å²) < 4.78 is 0. The number of nitrogens with zero attached hydrogens (tertiary/aromatic N) is 1. The van der Waals surface area contributed by atoms with Crippen LogP contribution in [0.2, 0.25) is 0 Å². The second kappa shape index (κ2) is 3.63. The molecule has 0 heterocycles. The van der Waals surface area contributed by atoms with Gasteiger partial charge in [0.15, 0.2) is 0 Å². The maximum atomic E-state index is 8.31. The van der Waals surface area contributed by atoms with Crippen LogP contribution >= 0.6 is 0 Å². The van der Waals surface area contributed by atoms with Gasteiger partial charge in [0.2, 0.25) is 0 Å². The van der Waals surface area contributed by atoms with E-state index in [1.807, 2.05) is 13.0 Å². The Morgan fingerprint density at radius 3 is 2.57 bits per heavy atom. The molecule has 2 heteroatoms. The van der Waals surface area contributed by atoms with Crippen molar-refractivity contribution in [2.75, 3.05) is 6.61 Å². The monoisotopic (exact) mass is 99.1 g/mol. The first-order valence-corrected chi connectivity index (χ1v) is 2.29. The molecule has 0 unspecified atom stereocenters. The van der Waals surface area contributed by atoms with E-state index in [1.54, 1.807) is 0 Å². The van der Waals surface area contributed by atoms with Gasteiger partial charge >= 0.3 is 0 Å². The van der Waals surface area contributed by atoms with Crippen molar-refractivity contribution in [3.05, 3.63) is 0 Å². The molecule has 0 aromatic rings. The van der Waals surface area contributed by atoms with Crippen LogP contribution in [-0.4, -0.2) is 11.7 Å². The van der Waals surface area contributed by atoms with E-state index in [-0.39, 0.29) is 12.5 Å². The Bertz CT molecular complexity index is 74.6. The van der Waals surface area contributed by atoms with Crippen molar-refractivity contribution in [1.29, 1.82) is 5.26 Å². The lowest BCUT2D eigenvalue weighted by Gasteiger charge is -1.96. The summed E-state index contributed by atoms with van der Waals surface area (Å²) in [7, 11) is 0. The molecule has 0 aliphatic carbocycles. The molecule has 0 fully saturated rings. The maximum absolute atomic E-state index is 8.31. The predicted molar refractivity (Wildman–Crippen MR) is 26.5 cm³/mol. The number of aliphatic hydroxyl groups is 1. The number of aliphatic hydroxyl groups excluding tert-OH is 1. The van der Waals surface area contributed by atoms with Gasteiger partial charge in [-0.1, -0.05) is 6.92 Å². The molecule has 40 valence electrons. The van der Waals surface area contributed by atoms with E-state index in [0.717, 1.165) is 0 Å². The molecule has 0 aromatic carbocycles. The zero-order valence-corrected chi connectivity index (χ0v) is 4.39. The van der Waals surface area contributed by atoms with Gasteiger partial charge in [0.1, 0.15) is 0 Å². The Labute approximate surface area is 43.4 Å². The molecular formula is C5H9NO. The van der Waals surface area contributed by atoms with E-state index in [2.05, 4.69) is 0 Å². The van der Waals surface area contributed by atoms with Crippen molar-refractivity contribution in [3.8, 4) is 6.07 Å². The fraction of sp³-hybridized carbons (Fsp3) is 0.800. The minimum atomic E-state index is 0.119. The zero-order chi connectivity index (χ0) is 5.70. The zero-order valence-electron chi connectivity index (χ0n) is 4.39. The van der Waals surface area contributed by atoms with Gasteiger partial charge in [-0.15, -0.1) is 0 Å². The molecule has 0 aliphatic heterocycles. The van der Waals surface area contributed by atoms with Crippen LogP contribution in [0.3, 0.4) is 0 Å². The van der Waals surface area contributed by atoms with E-state index in [1.165, 1.54) is 0 Å². The molecule has 0 radical (unpaired) electrons. The number of hydrogen-bond donors (Lipinski definition) is 1. The highest BCUT2D eigenvalue weighted by Gasteiger charge is 1.94. The van der Waals surface area contributed by atoms with Gasteiger partial charge in [0.25, 0.3) is 0 Å². The lowest BCUT2D eigenvalue weighted by molar-refractivity contribution is 0.240. The number of hydrogen-bond acceptors (Lipinski definition) is 2. The van der Waals surface area contributed by atoms with Gasteiger partial charge in [0.05, 0.1) is 6.07 Å². The van der Waals surface area contributed by atoms with Crippen molar-refractivity contribution in [3.63, 3.8) is 0 Å². The third kappa shape index (κ3) is 3.28. The molecular weight excluding hydrogens is 90.1 g/mol. The lowest BCUT2D eigenvalue weighted by Crippen LogP contribution is -1.97. The Balaban J connectivity index is 3.03. The molecule has 0 aliphatic rings. The van der Waals surface area contributed by atoms with Crippen LogP contribution in [0.1, 0.15) is 13.3 Å². The minimum absolute atomic E-state index is 0.119. The molecule has 7 heavy (non-hydrogen) atoms.